The lowest BCUT2D eigenvalue weighted by Gasteiger charge is -2.16. The summed E-state index contributed by atoms with van der Waals surface area (Å²) in [5.74, 6) is 0. The Morgan fingerprint density at radius 2 is 2.12 bits per heavy atom. The van der Waals surface area contributed by atoms with E-state index in [1.807, 2.05) is 0 Å². The van der Waals surface area contributed by atoms with Crippen molar-refractivity contribution in [3.05, 3.63) is 29.8 Å². The number of rotatable bonds is 2. The van der Waals surface area contributed by atoms with Crippen LogP contribution in [-0.4, -0.2) is 26.8 Å². The smallest absolute Gasteiger partial charge is 0.293 e. The number of alkyl halides is 1. The van der Waals surface area contributed by atoms with E-state index in [0.717, 1.165) is 6.54 Å². The van der Waals surface area contributed by atoms with Gasteiger partial charge in [0.15, 0.2) is 0 Å². The van der Waals surface area contributed by atoms with Crippen LogP contribution in [0.15, 0.2) is 24.3 Å². The van der Waals surface area contributed by atoms with Crippen molar-refractivity contribution in [1.82, 2.24) is 0 Å². The summed E-state index contributed by atoms with van der Waals surface area (Å²) < 4.78 is 13.7. The van der Waals surface area contributed by atoms with Crippen LogP contribution in [0.2, 0.25) is 0 Å². The second kappa shape index (κ2) is 10.9. The highest BCUT2D eigenvalue weighted by atomic mass is 19.1. The van der Waals surface area contributed by atoms with Crippen molar-refractivity contribution < 1.29 is 13.9 Å². The molecule has 1 N–H and O–H groups in total. The molecular weight excluding hydrogens is 221 g/mol. The predicted molar refractivity (Wildman–Crippen MR) is 68.0 cm³/mol. The number of hydrogen-bond donors (Lipinski definition) is 1. The van der Waals surface area contributed by atoms with Gasteiger partial charge in [0.05, 0.1) is 13.8 Å². The number of aryl methyl sites for hydroxylation is 1. The normalized spacial score (nSPS) is 11.5. The Bertz CT molecular complexity index is 280. The molecule has 0 aliphatic carbocycles. The molecule has 2 rings (SSSR count). The molecule has 1 aromatic carbocycles. The van der Waals surface area contributed by atoms with Crippen LogP contribution < -0.4 is 5.32 Å². The molecule has 0 radical (unpaired) electrons. The number of nitrogens with one attached hydrogen (secondary N) is 1. The van der Waals surface area contributed by atoms with Gasteiger partial charge in [0.2, 0.25) is 0 Å². The van der Waals surface area contributed by atoms with Crippen LogP contribution in [0, 0.1) is 0 Å². The van der Waals surface area contributed by atoms with E-state index in [-0.39, 0.29) is 0 Å². The van der Waals surface area contributed by atoms with Gasteiger partial charge in [-0.05, 0) is 31.4 Å². The summed E-state index contributed by atoms with van der Waals surface area (Å²) in [6, 6.07) is 8.53. The summed E-state index contributed by atoms with van der Waals surface area (Å²) in [4.78, 5) is 9.18. The van der Waals surface area contributed by atoms with Gasteiger partial charge < -0.3 is 10.1 Å². The second-order valence-corrected chi connectivity index (χ2v) is 3.24. The van der Waals surface area contributed by atoms with Crippen LogP contribution >= 0.6 is 0 Å². The van der Waals surface area contributed by atoms with Crippen LogP contribution in [0.3, 0.4) is 0 Å². The highest BCUT2D eigenvalue weighted by Crippen LogP contribution is 2.19. The van der Waals surface area contributed by atoms with Crippen LogP contribution in [0.4, 0.5) is 10.1 Å². The van der Waals surface area contributed by atoms with Gasteiger partial charge in [0.25, 0.3) is 6.47 Å². The van der Waals surface area contributed by atoms with Crippen molar-refractivity contribution >= 4 is 12.2 Å². The molecule has 1 aliphatic heterocycles. The summed E-state index contributed by atoms with van der Waals surface area (Å²) in [6.45, 7) is 3.80. The van der Waals surface area contributed by atoms with E-state index in [0.29, 0.717) is 20.3 Å². The van der Waals surface area contributed by atoms with E-state index in [4.69, 9.17) is 0 Å². The van der Waals surface area contributed by atoms with Crippen molar-refractivity contribution in [3.63, 3.8) is 0 Å². The molecule has 17 heavy (non-hydrogen) atoms. The number of para-hydroxylation sites is 1. The lowest BCUT2D eigenvalue weighted by Crippen LogP contribution is -2.10. The first-order chi connectivity index (χ1) is 8.38. The Morgan fingerprint density at radius 3 is 2.65 bits per heavy atom. The van der Waals surface area contributed by atoms with Gasteiger partial charge in [-0.2, -0.15) is 0 Å². The van der Waals surface area contributed by atoms with E-state index < -0.39 is 0 Å². The third-order valence-electron chi connectivity index (χ3n) is 2.19. The fourth-order valence-electron chi connectivity index (χ4n) is 1.48. The Hall–Kier alpha value is -1.58. The van der Waals surface area contributed by atoms with Crippen LogP contribution in [0.25, 0.3) is 0 Å². The molecule has 0 saturated heterocycles. The first kappa shape index (κ1) is 15.4. The standard InChI is InChI=1S/C9H11N.C3H6O2.CH3F/c1-2-6-9-8(4-1)5-3-7-10-9;1-2-5-3-4;1-2/h1-2,4,6,10H,3,5,7H2;3H,2H2,1H3;1H3. The van der Waals surface area contributed by atoms with Gasteiger partial charge in [0, 0.05) is 12.2 Å². The van der Waals surface area contributed by atoms with Gasteiger partial charge in [0.1, 0.15) is 0 Å². The monoisotopic (exact) mass is 241 g/mol. The summed E-state index contributed by atoms with van der Waals surface area (Å²) in [6.07, 6.45) is 2.51. The molecule has 1 aliphatic rings. The average Bonchev–Trinajstić information content (AvgIpc) is 2.43. The van der Waals surface area contributed by atoms with Crippen molar-refractivity contribution in [2.24, 2.45) is 0 Å². The predicted octanol–water partition coefficient (Wildman–Crippen LogP) is 2.81. The number of carbonyl (C=O) groups is 1. The van der Waals surface area contributed by atoms with Gasteiger partial charge in [-0.3, -0.25) is 9.18 Å². The Balaban J connectivity index is 0.000000315. The lowest BCUT2D eigenvalue weighted by atomic mass is 10.0. The number of fused-ring (bicyclic) bond motifs is 1. The minimum absolute atomic E-state index is 0.431. The Morgan fingerprint density at radius 1 is 1.41 bits per heavy atom. The van der Waals surface area contributed by atoms with Gasteiger partial charge in [-0.15, -0.1) is 0 Å². The maximum atomic E-state index is 9.50. The van der Waals surface area contributed by atoms with Gasteiger partial charge in [-0.1, -0.05) is 18.2 Å². The highest BCUT2D eigenvalue weighted by molar-refractivity contribution is 5.52. The topological polar surface area (TPSA) is 38.3 Å². The summed E-state index contributed by atoms with van der Waals surface area (Å²) in [7, 11) is 0.500. The zero-order valence-electron chi connectivity index (χ0n) is 10.4. The number of anilines is 1. The number of carbonyl (C=O) groups excluding carboxylic acids is 1. The zero-order chi connectivity index (χ0) is 12.9. The average molecular weight is 241 g/mol. The van der Waals surface area contributed by atoms with E-state index in [2.05, 4.69) is 34.3 Å². The number of halogens is 1. The minimum Gasteiger partial charge on any atom is -0.468 e. The van der Waals surface area contributed by atoms with Crippen LogP contribution in [-0.2, 0) is 16.0 Å². The Kier molecular flexibility index (Phi) is 9.91. The largest absolute Gasteiger partial charge is 0.468 e. The molecule has 0 unspecified atom stereocenters. The molecule has 96 valence electrons. The molecule has 0 saturated carbocycles. The number of benzene rings is 1. The maximum absolute atomic E-state index is 9.50. The molecule has 3 nitrogen and oxygen atoms in total. The molecule has 4 heteroatoms. The molecule has 0 bridgehead atoms. The first-order valence-corrected chi connectivity index (χ1v) is 5.63. The number of ether oxygens (including phenoxy) is 1. The highest BCUT2D eigenvalue weighted by Gasteiger charge is 2.04. The zero-order valence-corrected chi connectivity index (χ0v) is 10.4. The van der Waals surface area contributed by atoms with Crippen molar-refractivity contribution in [3.8, 4) is 0 Å². The van der Waals surface area contributed by atoms with Crippen molar-refractivity contribution in [2.45, 2.75) is 19.8 Å². The molecule has 0 fully saturated rings. The maximum Gasteiger partial charge on any atom is 0.293 e. The summed E-state index contributed by atoms with van der Waals surface area (Å²) in [5, 5.41) is 3.36. The third kappa shape index (κ3) is 6.56. The fourth-order valence-corrected chi connectivity index (χ4v) is 1.48. The first-order valence-electron chi connectivity index (χ1n) is 5.63. The van der Waals surface area contributed by atoms with Crippen LogP contribution in [0.1, 0.15) is 18.9 Å². The SMILES string of the molecule is CCOC=O.CF.c1ccc2c(c1)CCCN2. The molecule has 0 aromatic heterocycles. The summed E-state index contributed by atoms with van der Waals surface area (Å²) >= 11 is 0. The van der Waals surface area contributed by atoms with E-state index in [9.17, 15) is 9.18 Å². The molecule has 1 aromatic rings. The molecule has 0 amide bonds. The third-order valence-corrected chi connectivity index (χ3v) is 2.19. The molecule has 0 spiro atoms. The van der Waals surface area contributed by atoms with Crippen molar-refractivity contribution in [1.29, 1.82) is 0 Å². The van der Waals surface area contributed by atoms with E-state index in [1.54, 1.807) is 6.92 Å². The Labute approximate surface area is 102 Å². The van der Waals surface area contributed by atoms with Crippen LogP contribution in [0.5, 0.6) is 0 Å². The molecule has 0 atom stereocenters. The van der Waals surface area contributed by atoms with E-state index in [1.165, 1.54) is 24.1 Å². The summed E-state index contributed by atoms with van der Waals surface area (Å²) in [5.41, 5.74) is 2.79. The second-order valence-electron chi connectivity index (χ2n) is 3.24. The molecule has 1 heterocycles. The quantitative estimate of drug-likeness (QED) is 0.809. The lowest BCUT2D eigenvalue weighted by molar-refractivity contribution is -0.128. The fraction of sp³-hybridized carbons (Fsp3) is 0.462. The van der Waals surface area contributed by atoms with Gasteiger partial charge in [-0.25, -0.2) is 0 Å². The van der Waals surface area contributed by atoms with Crippen molar-refractivity contribution in [2.75, 3.05) is 25.6 Å². The van der Waals surface area contributed by atoms with E-state index >= 15 is 0 Å². The van der Waals surface area contributed by atoms with Gasteiger partial charge >= 0.3 is 0 Å². The molecular formula is C13H20FNO2. The minimum atomic E-state index is 0.431. The number of hydrogen-bond acceptors (Lipinski definition) is 3.